The third-order valence-electron chi connectivity index (χ3n) is 3.54. The van der Waals surface area contributed by atoms with E-state index in [1.807, 2.05) is 0 Å². The number of rotatable bonds is 7. The lowest BCUT2D eigenvalue weighted by Gasteiger charge is -2.13. The van der Waals surface area contributed by atoms with Gasteiger partial charge in [-0.15, -0.1) is 12.4 Å². The van der Waals surface area contributed by atoms with Crippen LogP contribution in [0.4, 0.5) is 11.4 Å². The molecule has 1 aromatic carbocycles. The fourth-order valence-electron chi connectivity index (χ4n) is 2.45. The second kappa shape index (κ2) is 9.22. The molecule has 0 spiro atoms. The highest BCUT2D eigenvalue weighted by Crippen LogP contribution is 2.22. The van der Waals surface area contributed by atoms with Crippen molar-refractivity contribution in [2.24, 2.45) is 5.73 Å². The summed E-state index contributed by atoms with van der Waals surface area (Å²) in [5.74, 6) is -0.186. The topological polar surface area (TPSA) is 111 Å². The van der Waals surface area contributed by atoms with Crippen molar-refractivity contribution in [1.82, 2.24) is 0 Å². The van der Waals surface area contributed by atoms with Gasteiger partial charge in [-0.05, 0) is 37.5 Å². The quantitative estimate of drug-likeness (QED) is 0.669. The van der Waals surface area contributed by atoms with Crippen LogP contribution in [0.3, 0.4) is 0 Å². The minimum Gasteiger partial charge on any atom is -0.364 e. The van der Waals surface area contributed by atoms with Crippen LogP contribution in [-0.4, -0.2) is 38.8 Å². The minimum absolute atomic E-state index is 0. The molecular formula is C15H24ClN3O4S. The van der Waals surface area contributed by atoms with Crippen LogP contribution >= 0.6 is 12.4 Å². The lowest BCUT2D eigenvalue weighted by Crippen LogP contribution is -2.29. The summed E-state index contributed by atoms with van der Waals surface area (Å²) in [5.41, 5.74) is 6.47. The van der Waals surface area contributed by atoms with E-state index < -0.39 is 16.1 Å². The fourth-order valence-corrected chi connectivity index (χ4v) is 3.58. The van der Waals surface area contributed by atoms with Crippen molar-refractivity contribution in [2.75, 3.05) is 22.3 Å². The largest absolute Gasteiger partial charge is 0.364 e. The van der Waals surface area contributed by atoms with Crippen molar-refractivity contribution in [3.63, 3.8) is 0 Å². The molecular weight excluding hydrogens is 354 g/mol. The minimum atomic E-state index is -3.36. The van der Waals surface area contributed by atoms with Crippen molar-refractivity contribution >= 4 is 39.7 Å². The third kappa shape index (κ3) is 5.94. The Bertz CT molecular complexity index is 654. The van der Waals surface area contributed by atoms with Crippen LogP contribution < -0.4 is 15.8 Å². The van der Waals surface area contributed by atoms with Gasteiger partial charge in [-0.2, -0.15) is 0 Å². The van der Waals surface area contributed by atoms with Gasteiger partial charge in [0.25, 0.3) is 5.91 Å². The van der Waals surface area contributed by atoms with E-state index in [0.29, 0.717) is 30.8 Å². The molecule has 0 aliphatic carbocycles. The lowest BCUT2D eigenvalue weighted by molar-refractivity contribution is -0.126. The molecule has 1 aromatic rings. The summed E-state index contributed by atoms with van der Waals surface area (Å²) < 4.78 is 31.6. The summed E-state index contributed by atoms with van der Waals surface area (Å²) in [6.45, 7) is 2.20. The average molecular weight is 378 g/mol. The number of nitrogens with two attached hydrogens (primary N) is 1. The first kappa shape index (κ1) is 20.7. The van der Waals surface area contributed by atoms with E-state index in [4.69, 9.17) is 10.5 Å². The van der Waals surface area contributed by atoms with E-state index in [9.17, 15) is 13.2 Å². The lowest BCUT2D eigenvalue weighted by atomic mass is 10.2. The maximum atomic E-state index is 12.2. The van der Waals surface area contributed by atoms with Gasteiger partial charge < -0.3 is 15.8 Å². The van der Waals surface area contributed by atoms with Crippen LogP contribution in [0.1, 0.15) is 26.2 Å². The number of hydrogen-bond donors (Lipinski definition) is 3. The second-order valence-electron chi connectivity index (χ2n) is 5.55. The van der Waals surface area contributed by atoms with Crippen LogP contribution in [0.5, 0.6) is 0 Å². The number of carbonyl (C=O) groups excluding carboxylic acids is 1. The molecule has 1 amide bonds. The molecule has 1 aliphatic heterocycles. The Morgan fingerprint density at radius 1 is 1.33 bits per heavy atom. The Labute approximate surface area is 148 Å². The van der Waals surface area contributed by atoms with Crippen LogP contribution in [0.2, 0.25) is 0 Å². The molecule has 0 bridgehead atoms. The van der Waals surface area contributed by atoms with Crippen LogP contribution in [0, 0.1) is 0 Å². The summed E-state index contributed by atoms with van der Waals surface area (Å²) >= 11 is 0. The van der Waals surface area contributed by atoms with E-state index in [0.717, 1.165) is 6.42 Å². The van der Waals surface area contributed by atoms with Gasteiger partial charge in [0, 0.05) is 12.2 Å². The van der Waals surface area contributed by atoms with Crippen molar-refractivity contribution in [3.8, 4) is 0 Å². The van der Waals surface area contributed by atoms with Crippen molar-refractivity contribution < 1.29 is 17.9 Å². The maximum absolute atomic E-state index is 12.2. The molecule has 136 valence electrons. The van der Waals surface area contributed by atoms with Crippen molar-refractivity contribution in [3.05, 3.63) is 24.3 Å². The summed E-state index contributed by atoms with van der Waals surface area (Å²) in [6, 6.07) is 6.60. The summed E-state index contributed by atoms with van der Waals surface area (Å²) in [6.07, 6.45) is 1.36. The Hall–Kier alpha value is -1.35. The molecule has 1 saturated heterocycles. The Balaban J connectivity index is 0.00000288. The average Bonchev–Trinajstić information content (AvgIpc) is 2.96. The van der Waals surface area contributed by atoms with Gasteiger partial charge in [0.15, 0.2) is 0 Å². The Morgan fingerprint density at radius 3 is 2.67 bits per heavy atom. The Morgan fingerprint density at radius 2 is 2.04 bits per heavy atom. The number of ether oxygens (including phenoxy) is 1. The monoisotopic (exact) mass is 377 g/mol. The number of amides is 1. The molecule has 24 heavy (non-hydrogen) atoms. The normalized spacial score (nSPS) is 20.2. The number of benzene rings is 1. The standard InChI is InChI=1S/C15H23N3O4S.ClH/c1-2-8-23(20,21)18-12-5-3-4-11(9-12)17-15(19)14-7-6-13(10-16)22-14;/h3-5,9,13-14,18H,2,6-8,10,16H2,1H3,(H,17,19);1H/t13-,14+;/m1./s1. The van der Waals surface area contributed by atoms with Gasteiger partial charge in [-0.3, -0.25) is 9.52 Å². The molecule has 1 heterocycles. The van der Waals surface area contributed by atoms with E-state index in [2.05, 4.69) is 10.0 Å². The molecule has 0 unspecified atom stereocenters. The van der Waals surface area contributed by atoms with Crippen LogP contribution in [0.15, 0.2) is 24.3 Å². The number of halogens is 1. The molecule has 0 saturated carbocycles. The predicted octanol–water partition coefficient (Wildman–Crippen LogP) is 1.70. The first-order valence-corrected chi connectivity index (χ1v) is 9.35. The van der Waals surface area contributed by atoms with Gasteiger partial charge in [0.1, 0.15) is 6.10 Å². The molecule has 4 N–H and O–H groups in total. The zero-order chi connectivity index (χ0) is 16.9. The van der Waals surface area contributed by atoms with E-state index in [-0.39, 0.29) is 30.2 Å². The molecule has 9 heteroatoms. The molecule has 1 fully saturated rings. The van der Waals surface area contributed by atoms with Gasteiger partial charge in [0.05, 0.1) is 17.5 Å². The van der Waals surface area contributed by atoms with Crippen molar-refractivity contribution in [2.45, 2.75) is 38.4 Å². The fraction of sp³-hybridized carbons (Fsp3) is 0.533. The first-order chi connectivity index (χ1) is 10.9. The number of anilines is 2. The van der Waals surface area contributed by atoms with Crippen molar-refractivity contribution in [1.29, 1.82) is 0 Å². The number of sulfonamides is 1. The second-order valence-corrected chi connectivity index (χ2v) is 7.39. The molecule has 2 rings (SSSR count). The smallest absolute Gasteiger partial charge is 0.253 e. The van der Waals surface area contributed by atoms with E-state index in [1.165, 1.54) is 0 Å². The first-order valence-electron chi connectivity index (χ1n) is 7.70. The molecule has 1 aliphatic rings. The number of carbonyl (C=O) groups is 1. The SMILES string of the molecule is CCCS(=O)(=O)Nc1cccc(NC(=O)[C@@H]2CC[C@H](CN)O2)c1.Cl. The maximum Gasteiger partial charge on any atom is 0.253 e. The molecule has 0 radical (unpaired) electrons. The highest BCUT2D eigenvalue weighted by Gasteiger charge is 2.29. The van der Waals surface area contributed by atoms with E-state index in [1.54, 1.807) is 31.2 Å². The number of hydrogen-bond acceptors (Lipinski definition) is 5. The molecule has 2 atom stereocenters. The third-order valence-corrected chi connectivity index (χ3v) is 5.03. The zero-order valence-corrected chi connectivity index (χ0v) is 15.2. The molecule has 7 nitrogen and oxygen atoms in total. The van der Waals surface area contributed by atoms with Crippen LogP contribution in [0.25, 0.3) is 0 Å². The predicted molar refractivity (Wildman–Crippen MR) is 97.0 cm³/mol. The summed E-state index contributed by atoms with van der Waals surface area (Å²) in [5, 5.41) is 2.75. The summed E-state index contributed by atoms with van der Waals surface area (Å²) in [4.78, 5) is 12.2. The van der Waals surface area contributed by atoms with Gasteiger partial charge >= 0.3 is 0 Å². The Kier molecular flexibility index (Phi) is 7.95. The zero-order valence-electron chi connectivity index (χ0n) is 13.5. The summed E-state index contributed by atoms with van der Waals surface area (Å²) in [7, 11) is -3.36. The highest BCUT2D eigenvalue weighted by molar-refractivity contribution is 7.92. The van der Waals surface area contributed by atoms with Gasteiger partial charge in [-0.25, -0.2) is 8.42 Å². The molecule has 0 aromatic heterocycles. The number of nitrogens with one attached hydrogen (secondary N) is 2. The van der Waals surface area contributed by atoms with Gasteiger partial charge in [0.2, 0.25) is 10.0 Å². The van der Waals surface area contributed by atoms with Gasteiger partial charge in [-0.1, -0.05) is 13.0 Å². The van der Waals surface area contributed by atoms with E-state index >= 15 is 0 Å². The van der Waals surface area contributed by atoms with Crippen LogP contribution in [-0.2, 0) is 19.6 Å². The highest BCUT2D eigenvalue weighted by atomic mass is 35.5.